The molecule has 1 fully saturated rings. The van der Waals surface area contributed by atoms with E-state index in [1.807, 2.05) is 6.20 Å². The number of anilines is 1. The van der Waals surface area contributed by atoms with Gasteiger partial charge in [0.1, 0.15) is 5.65 Å². The molecule has 0 radical (unpaired) electrons. The largest absolute Gasteiger partial charge is 0.369 e. The van der Waals surface area contributed by atoms with Gasteiger partial charge in [0.2, 0.25) is 0 Å². The number of hydrogen-bond acceptors (Lipinski definition) is 3. The number of halogens is 1. The van der Waals surface area contributed by atoms with Crippen LogP contribution in [0.25, 0.3) is 5.65 Å². The van der Waals surface area contributed by atoms with Gasteiger partial charge in [0.25, 0.3) is 0 Å². The first-order valence-corrected chi connectivity index (χ1v) is 10.5. The fraction of sp³-hybridized carbons (Fsp3) is 0.391. The van der Waals surface area contributed by atoms with Crippen LogP contribution in [-0.2, 0) is 6.42 Å². The van der Waals surface area contributed by atoms with Gasteiger partial charge in [-0.2, -0.15) is 0 Å². The summed E-state index contributed by atoms with van der Waals surface area (Å²) in [6.07, 6.45) is 6.10. The Labute approximate surface area is 195 Å². The number of nitrogens with one attached hydrogen (secondary N) is 2. The molecule has 1 aliphatic heterocycles. The van der Waals surface area contributed by atoms with Crippen LogP contribution in [-0.4, -0.2) is 47.6 Å². The number of fused-ring (bicyclic) bond motifs is 1. The molecule has 160 valence electrons. The van der Waals surface area contributed by atoms with E-state index in [0.717, 1.165) is 49.8 Å². The highest BCUT2D eigenvalue weighted by molar-refractivity contribution is 14.0. The summed E-state index contributed by atoms with van der Waals surface area (Å²) in [6, 6.07) is 15.2. The molecule has 1 saturated heterocycles. The number of imidazole rings is 1. The number of benzene rings is 1. The molecule has 0 bridgehead atoms. The van der Waals surface area contributed by atoms with E-state index in [1.54, 1.807) is 0 Å². The first-order chi connectivity index (χ1) is 14.2. The molecular weight excluding hydrogens is 487 g/mol. The van der Waals surface area contributed by atoms with Gasteiger partial charge < -0.3 is 19.9 Å². The topological polar surface area (TPSA) is 57.0 Å². The summed E-state index contributed by atoms with van der Waals surface area (Å²) in [5, 5.41) is 6.99. The summed E-state index contributed by atoms with van der Waals surface area (Å²) in [6.45, 7) is 7.84. The Balaban J connectivity index is 0.00000256. The lowest BCUT2D eigenvalue weighted by molar-refractivity contribution is 0.649. The maximum Gasteiger partial charge on any atom is 0.191 e. The molecule has 1 unspecified atom stereocenters. The molecule has 2 N–H and O–H groups in total. The fourth-order valence-corrected chi connectivity index (χ4v) is 3.87. The molecule has 4 rings (SSSR count). The Bertz CT molecular complexity index is 968. The van der Waals surface area contributed by atoms with Gasteiger partial charge in [-0.05, 0) is 44.0 Å². The van der Waals surface area contributed by atoms with Crippen LogP contribution in [0.1, 0.15) is 24.6 Å². The summed E-state index contributed by atoms with van der Waals surface area (Å²) in [4.78, 5) is 12.0. The second kappa shape index (κ2) is 10.7. The third-order valence-corrected chi connectivity index (χ3v) is 5.36. The van der Waals surface area contributed by atoms with E-state index in [2.05, 4.69) is 82.4 Å². The number of guanidine groups is 1. The number of aliphatic imine (C=N–C) groups is 1. The lowest BCUT2D eigenvalue weighted by Crippen LogP contribution is -2.44. The predicted molar refractivity (Wildman–Crippen MR) is 135 cm³/mol. The number of pyridine rings is 1. The summed E-state index contributed by atoms with van der Waals surface area (Å²) in [5.41, 5.74) is 4.60. The van der Waals surface area contributed by atoms with E-state index < -0.39 is 0 Å². The molecule has 7 heteroatoms. The quantitative estimate of drug-likeness (QED) is 0.297. The number of aryl methyl sites for hydroxylation is 1. The van der Waals surface area contributed by atoms with Crippen LogP contribution < -0.4 is 15.5 Å². The van der Waals surface area contributed by atoms with Gasteiger partial charge in [0.05, 0.1) is 5.69 Å². The standard InChI is InChI=1S/C23H30N6.HI/c1-3-24-23(27-20-12-15-28(16-20)21-9-5-4-6-10-21)25-13-11-19-17-29-14-7-8-18(2)22(29)26-19;/h4-10,14,17,20H,3,11-13,15-16H2,1-2H3,(H2,24,25,27);1H. The second-order valence-corrected chi connectivity index (χ2v) is 7.58. The molecule has 0 aliphatic carbocycles. The highest BCUT2D eigenvalue weighted by Crippen LogP contribution is 2.19. The van der Waals surface area contributed by atoms with Gasteiger partial charge in [-0.25, -0.2) is 4.98 Å². The molecule has 1 aromatic carbocycles. The average molecular weight is 518 g/mol. The number of rotatable bonds is 6. The zero-order valence-electron chi connectivity index (χ0n) is 17.7. The predicted octanol–water partition coefficient (Wildman–Crippen LogP) is 3.64. The fourth-order valence-electron chi connectivity index (χ4n) is 3.87. The average Bonchev–Trinajstić information content (AvgIpc) is 3.36. The molecular formula is C23H31IN6. The van der Waals surface area contributed by atoms with E-state index in [-0.39, 0.29) is 24.0 Å². The van der Waals surface area contributed by atoms with Crippen molar-refractivity contribution in [3.63, 3.8) is 0 Å². The van der Waals surface area contributed by atoms with E-state index in [0.29, 0.717) is 12.6 Å². The molecule has 0 saturated carbocycles. The Morgan fingerprint density at radius 1 is 1.20 bits per heavy atom. The van der Waals surface area contributed by atoms with Gasteiger partial charge in [-0.15, -0.1) is 24.0 Å². The maximum atomic E-state index is 4.79. The third kappa shape index (κ3) is 5.44. The van der Waals surface area contributed by atoms with Crippen molar-refractivity contribution in [2.75, 3.05) is 31.1 Å². The molecule has 1 aliphatic rings. The normalized spacial score (nSPS) is 16.5. The van der Waals surface area contributed by atoms with Gasteiger partial charge in [-0.1, -0.05) is 24.3 Å². The minimum atomic E-state index is 0. The molecule has 0 amide bonds. The summed E-state index contributed by atoms with van der Waals surface area (Å²) >= 11 is 0. The van der Waals surface area contributed by atoms with Crippen molar-refractivity contribution in [1.29, 1.82) is 0 Å². The molecule has 3 aromatic rings. The molecule has 30 heavy (non-hydrogen) atoms. The van der Waals surface area contributed by atoms with Crippen molar-refractivity contribution in [2.45, 2.75) is 32.7 Å². The van der Waals surface area contributed by atoms with Crippen LogP contribution in [0.2, 0.25) is 0 Å². The first kappa shape index (κ1) is 22.4. The highest BCUT2D eigenvalue weighted by Gasteiger charge is 2.23. The van der Waals surface area contributed by atoms with Gasteiger partial charge in [-0.3, -0.25) is 4.99 Å². The van der Waals surface area contributed by atoms with Crippen molar-refractivity contribution >= 4 is 41.3 Å². The minimum absolute atomic E-state index is 0. The van der Waals surface area contributed by atoms with Crippen LogP contribution >= 0.6 is 24.0 Å². The number of para-hydroxylation sites is 1. The van der Waals surface area contributed by atoms with E-state index in [1.165, 1.54) is 11.3 Å². The number of hydrogen-bond donors (Lipinski definition) is 2. The van der Waals surface area contributed by atoms with Crippen molar-refractivity contribution < 1.29 is 0 Å². The van der Waals surface area contributed by atoms with Crippen LogP contribution in [0, 0.1) is 6.92 Å². The summed E-state index contributed by atoms with van der Waals surface area (Å²) in [7, 11) is 0. The SMILES string of the molecule is CCNC(=NCCc1cn2cccc(C)c2n1)NC1CCN(c2ccccc2)C1.I. The highest BCUT2D eigenvalue weighted by atomic mass is 127. The Kier molecular flexibility index (Phi) is 7.95. The zero-order chi connectivity index (χ0) is 20.1. The van der Waals surface area contributed by atoms with Gasteiger partial charge in [0, 0.05) is 56.7 Å². The lowest BCUT2D eigenvalue weighted by atomic mass is 10.2. The first-order valence-electron chi connectivity index (χ1n) is 10.5. The lowest BCUT2D eigenvalue weighted by Gasteiger charge is -2.20. The monoisotopic (exact) mass is 518 g/mol. The van der Waals surface area contributed by atoms with Crippen molar-refractivity contribution in [1.82, 2.24) is 20.0 Å². The number of aromatic nitrogens is 2. The second-order valence-electron chi connectivity index (χ2n) is 7.58. The Hall–Kier alpha value is -2.29. The van der Waals surface area contributed by atoms with Gasteiger partial charge in [0.15, 0.2) is 5.96 Å². The van der Waals surface area contributed by atoms with Crippen molar-refractivity contribution in [3.8, 4) is 0 Å². The third-order valence-electron chi connectivity index (χ3n) is 5.36. The smallest absolute Gasteiger partial charge is 0.191 e. The van der Waals surface area contributed by atoms with Crippen LogP contribution in [0.15, 0.2) is 59.9 Å². The van der Waals surface area contributed by atoms with E-state index >= 15 is 0 Å². The Morgan fingerprint density at radius 2 is 2.03 bits per heavy atom. The molecule has 0 spiro atoms. The molecule has 3 heterocycles. The molecule has 6 nitrogen and oxygen atoms in total. The minimum Gasteiger partial charge on any atom is -0.369 e. The van der Waals surface area contributed by atoms with Crippen LogP contribution in [0.4, 0.5) is 5.69 Å². The van der Waals surface area contributed by atoms with Crippen LogP contribution in [0.3, 0.4) is 0 Å². The van der Waals surface area contributed by atoms with E-state index in [4.69, 9.17) is 9.98 Å². The molecule has 1 atom stereocenters. The number of nitrogens with zero attached hydrogens (tertiary/aromatic N) is 4. The van der Waals surface area contributed by atoms with Crippen LogP contribution in [0.5, 0.6) is 0 Å². The Morgan fingerprint density at radius 3 is 2.80 bits per heavy atom. The van der Waals surface area contributed by atoms with E-state index in [9.17, 15) is 0 Å². The van der Waals surface area contributed by atoms with Crippen molar-refractivity contribution in [2.24, 2.45) is 4.99 Å². The summed E-state index contributed by atoms with van der Waals surface area (Å²) in [5.74, 6) is 0.896. The zero-order valence-corrected chi connectivity index (χ0v) is 20.0. The molecule has 2 aromatic heterocycles. The van der Waals surface area contributed by atoms with Gasteiger partial charge >= 0.3 is 0 Å². The maximum absolute atomic E-state index is 4.79. The van der Waals surface area contributed by atoms with Crippen molar-refractivity contribution in [3.05, 3.63) is 66.1 Å². The summed E-state index contributed by atoms with van der Waals surface area (Å²) < 4.78 is 2.09.